The molecule has 3 nitrogen and oxygen atoms in total. The number of halogens is 1. The van der Waals surface area contributed by atoms with Gasteiger partial charge in [-0.3, -0.25) is 9.78 Å². The lowest BCUT2D eigenvalue weighted by atomic mass is 10.2. The van der Waals surface area contributed by atoms with Crippen LogP contribution in [0.1, 0.15) is 0 Å². The normalized spacial score (nSPS) is 10.6. The summed E-state index contributed by atoms with van der Waals surface area (Å²) in [6.45, 7) is 0. The monoisotopic (exact) mass is 253 g/mol. The van der Waals surface area contributed by atoms with E-state index in [2.05, 4.69) is 4.98 Å². The highest BCUT2D eigenvalue weighted by atomic mass is 35.5. The molecule has 82 valence electrons. The average Bonchev–Trinajstić information content (AvgIpc) is 2.27. The third-order valence-corrected chi connectivity index (χ3v) is 3.40. The lowest BCUT2D eigenvalue weighted by Crippen LogP contribution is -1.97. The van der Waals surface area contributed by atoms with Crippen molar-refractivity contribution in [2.45, 2.75) is 4.90 Å². The van der Waals surface area contributed by atoms with Crippen LogP contribution >= 0.6 is 23.4 Å². The summed E-state index contributed by atoms with van der Waals surface area (Å²) in [7, 11) is 0. The number of thioether (sulfide) groups is 1. The van der Waals surface area contributed by atoms with Crippen LogP contribution in [0.3, 0.4) is 0 Å². The number of aliphatic carboxylic acids is 1. The third kappa shape index (κ3) is 2.28. The number of fused-ring (bicyclic) bond motifs is 1. The first-order chi connectivity index (χ1) is 7.68. The van der Waals surface area contributed by atoms with Gasteiger partial charge in [-0.15, -0.1) is 11.8 Å². The molecule has 16 heavy (non-hydrogen) atoms. The van der Waals surface area contributed by atoms with E-state index in [4.69, 9.17) is 16.7 Å². The predicted molar refractivity (Wildman–Crippen MR) is 65.1 cm³/mol. The van der Waals surface area contributed by atoms with Crippen molar-refractivity contribution in [2.75, 3.05) is 5.75 Å². The molecule has 0 unspecified atom stereocenters. The van der Waals surface area contributed by atoms with Gasteiger partial charge in [-0.2, -0.15) is 0 Å². The van der Waals surface area contributed by atoms with E-state index in [1.54, 1.807) is 18.3 Å². The molecule has 1 heterocycles. The molecule has 0 radical (unpaired) electrons. The Hall–Kier alpha value is -1.26. The Morgan fingerprint density at radius 2 is 2.25 bits per heavy atom. The molecule has 0 aliphatic rings. The van der Waals surface area contributed by atoms with Crippen LogP contribution in [-0.4, -0.2) is 21.8 Å². The maximum absolute atomic E-state index is 10.5. The number of nitrogens with zero attached hydrogens (tertiary/aromatic N) is 1. The van der Waals surface area contributed by atoms with Crippen molar-refractivity contribution in [2.24, 2.45) is 0 Å². The fraction of sp³-hybridized carbons (Fsp3) is 0.0909. The van der Waals surface area contributed by atoms with Gasteiger partial charge in [0, 0.05) is 16.5 Å². The zero-order chi connectivity index (χ0) is 11.5. The molecule has 0 fully saturated rings. The summed E-state index contributed by atoms with van der Waals surface area (Å²) in [5.74, 6) is -0.803. The molecular formula is C11H8ClNO2S. The standard InChI is InChI=1S/C11H8ClNO2S/c12-8-3-1-2-7-9(16-6-10(14)15)4-5-13-11(7)8/h1-5H,6H2,(H,14,15). The second kappa shape index (κ2) is 4.72. The van der Waals surface area contributed by atoms with Gasteiger partial charge in [-0.25, -0.2) is 0 Å². The van der Waals surface area contributed by atoms with E-state index in [0.717, 1.165) is 10.3 Å². The summed E-state index contributed by atoms with van der Waals surface area (Å²) in [5.41, 5.74) is 0.708. The van der Waals surface area contributed by atoms with Crippen molar-refractivity contribution in [3.63, 3.8) is 0 Å². The molecule has 2 rings (SSSR count). The molecule has 0 saturated heterocycles. The first-order valence-electron chi connectivity index (χ1n) is 4.56. The number of carboxylic acids is 1. The Morgan fingerprint density at radius 3 is 3.00 bits per heavy atom. The molecule has 0 saturated carbocycles. The van der Waals surface area contributed by atoms with Gasteiger partial charge >= 0.3 is 5.97 Å². The topological polar surface area (TPSA) is 50.2 Å². The van der Waals surface area contributed by atoms with Crippen LogP contribution in [0.15, 0.2) is 35.4 Å². The molecular weight excluding hydrogens is 246 g/mol. The minimum Gasteiger partial charge on any atom is -0.481 e. The van der Waals surface area contributed by atoms with Gasteiger partial charge in [0.15, 0.2) is 0 Å². The maximum Gasteiger partial charge on any atom is 0.313 e. The zero-order valence-electron chi connectivity index (χ0n) is 8.18. The number of hydrogen-bond acceptors (Lipinski definition) is 3. The van der Waals surface area contributed by atoms with Crippen LogP contribution in [0, 0.1) is 0 Å². The predicted octanol–water partition coefficient (Wildman–Crippen LogP) is 3.06. The van der Waals surface area contributed by atoms with Crippen molar-refractivity contribution in [1.29, 1.82) is 0 Å². The Morgan fingerprint density at radius 1 is 1.44 bits per heavy atom. The number of carboxylic acid groups (broad SMARTS) is 1. The highest BCUT2D eigenvalue weighted by Gasteiger charge is 2.06. The number of rotatable bonds is 3. The van der Waals surface area contributed by atoms with Crippen molar-refractivity contribution < 1.29 is 9.90 Å². The molecule has 0 spiro atoms. The molecule has 5 heteroatoms. The first kappa shape index (κ1) is 11.2. The summed E-state index contributed by atoms with van der Waals surface area (Å²) >= 11 is 7.27. The highest BCUT2D eigenvalue weighted by molar-refractivity contribution is 8.00. The van der Waals surface area contributed by atoms with E-state index in [-0.39, 0.29) is 5.75 Å². The third-order valence-electron chi connectivity index (χ3n) is 2.03. The summed E-state index contributed by atoms with van der Waals surface area (Å²) in [6.07, 6.45) is 1.64. The van der Waals surface area contributed by atoms with E-state index in [9.17, 15) is 4.79 Å². The minimum atomic E-state index is -0.836. The van der Waals surface area contributed by atoms with E-state index in [1.165, 1.54) is 11.8 Å². The van der Waals surface area contributed by atoms with E-state index in [1.807, 2.05) is 12.1 Å². The quantitative estimate of drug-likeness (QED) is 0.854. The van der Waals surface area contributed by atoms with Gasteiger partial charge in [0.25, 0.3) is 0 Å². The van der Waals surface area contributed by atoms with Gasteiger partial charge < -0.3 is 5.11 Å². The van der Waals surface area contributed by atoms with E-state index in [0.29, 0.717) is 10.5 Å². The molecule has 1 aromatic carbocycles. The van der Waals surface area contributed by atoms with Crippen LogP contribution in [0.25, 0.3) is 10.9 Å². The number of para-hydroxylation sites is 1. The van der Waals surface area contributed by atoms with Gasteiger partial charge in [-0.05, 0) is 12.1 Å². The number of hydrogen-bond donors (Lipinski definition) is 1. The summed E-state index contributed by atoms with van der Waals surface area (Å²) in [5, 5.41) is 10.1. The van der Waals surface area contributed by atoms with Crippen LogP contribution in [0.2, 0.25) is 5.02 Å². The molecule has 0 aliphatic heterocycles. The second-order valence-electron chi connectivity index (χ2n) is 3.13. The van der Waals surface area contributed by atoms with E-state index < -0.39 is 5.97 Å². The maximum atomic E-state index is 10.5. The van der Waals surface area contributed by atoms with Crippen LogP contribution < -0.4 is 0 Å². The van der Waals surface area contributed by atoms with Crippen LogP contribution in [0.5, 0.6) is 0 Å². The Kier molecular flexibility index (Phi) is 3.31. The largest absolute Gasteiger partial charge is 0.481 e. The average molecular weight is 254 g/mol. The zero-order valence-corrected chi connectivity index (χ0v) is 9.76. The molecule has 0 bridgehead atoms. The molecule has 0 aliphatic carbocycles. The molecule has 0 amide bonds. The molecule has 1 aromatic heterocycles. The lowest BCUT2D eigenvalue weighted by Gasteiger charge is -2.04. The Bertz CT molecular complexity index is 544. The van der Waals surface area contributed by atoms with Gasteiger partial charge in [0.05, 0.1) is 16.3 Å². The SMILES string of the molecule is O=C(O)CSc1ccnc2c(Cl)cccc12. The summed E-state index contributed by atoms with van der Waals surface area (Å²) < 4.78 is 0. The van der Waals surface area contributed by atoms with Gasteiger partial charge in [0.1, 0.15) is 0 Å². The fourth-order valence-corrected chi connectivity index (χ4v) is 2.36. The van der Waals surface area contributed by atoms with Crippen molar-refractivity contribution in [3.8, 4) is 0 Å². The van der Waals surface area contributed by atoms with Crippen molar-refractivity contribution in [3.05, 3.63) is 35.5 Å². The van der Waals surface area contributed by atoms with Crippen LogP contribution in [0.4, 0.5) is 0 Å². The van der Waals surface area contributed by atoms with Crippen LogP contribution in [-0.2, 0) is 4.79 Å². The summed E-state index contributed by atoms with van der Waals surface area (Å²) in [6, 6.07) is 7.28. The first-order valence-corrected chi connectivity index (χ1v) is 5.92. The number of benzene rings is 1. The van der Waals surface area contributed by atoms with Crippen molar-refractivity contribution in [1.82, 2.24) is 4.98 Å². The number of aromatic nitrogens is 1. The summed E-state index contributed by atoms with van der Waals surface area (Å²) in [4.78, 5) is 15.6. The van der Waals surface area contributed by atoms with Crippen molar-refractivity contribution >= 4 is 40.2 Å². The Balaban J connectivity index is 2.45. The lowest BCUT2D eigenvalue weighted by molar-refractivity contribution is -0.133. The van der Waals surface area contributed by atoms with Gasteiger partial charge in [-0.1, -0.05) is 23.7 Å². The number of carbonyl (C=O) groups is 1. The molecule has 2 aromatic rings. The second-order valence-corrected chi connectivity index (χ2v) is 4.55. The fourth-order valence-electron chi connectivity index (χ4n) is 1.38. The number of pyridine rings is 1. The highest BCUT2D eigenvalue weighted by Crippen LogP contribution is 2.29. The molecule has 0 atom stereocenters. The minimum absolute atomic E-state index is 0.0334. The molecule has 1 N–H and O–H groups in total. The van der Waals surface area contributed by atoms with Gasteiger partial charge in [0.2, 0.25) is 0 Å². The Labute approximate surface area is 101 Å². The van der Waals surface area contributed by atoms with E-state index >= 15 is 0 Å². The smallest absolute Gasteiger partial charge is 0.313 e.